The second kappa shape index (κ2) is 11.4. The van der Waals surface area contributed by atoms with Gasteiger partial charge >= 0.3 is 5.97 Å². The third kappa shape index (κ3) is 6.59. The van der Waals surface area contributed by atoms with Crippen molar-refractivity contribution in [3.8, 4) is 22.9 Å². The molecule has 0 saturated carbocycles. The minimum atomic E-state index is -0.320. The quantitative estimate of drug-likeness (QED) is 0.349. The van der Waals surface area contributed by atoms with Gasteiger partial charge in [0.1, 0.15) is 25.6 Å². The molecule has 192 valence electrons. The SMILES string of the molecule is CCOC(=O)Cn1c(-c2ccccc2)nc(Cl)c1CN(Cc1ccc2c(c1)OCCO2)CC(C)(C)C. The van der Waals surface area contributed by atoms with Crippen LogP contribution in [0.15, 0.2) is 48.5 Å². The largest absolute Gasteiger partial charge is 0.486 e. The lowest BCUT2D eigenvalue weighted by atomic mass is 9.95. The van der Waals surface area contributed by atoms with E-state index < -0.39 is 0 Å². The molecule has 0 amide bonds. The summed E-state index contributed by atoms with van der Waals surface area (Å²) in [5, 5.41) is 0.388. The molecule has 2 heterocycles. The van der Waals surface area contributed by atoms with Crippen molar-refractivity contribution in [2.75, 3.05) is 26.4 Å². The fraction of sp³-hybridized carbons (Fsp3) is 0.429. The molecule has 1 aliphatic rings. The van der Waals surface area contributed by atoms with Gasteiger partial charge in [-0.1, -0.05) is 68.8 Å². The molecule has 0 atom stereocenters. The summed E-state index contributed by atoms with van der Waals surface area (Å²) in [6.07, 6.45) is 0. The van der Waals surface area contributed by atoms with E-state index in [1.54, 1.807) is 6.92 Å². The zero-order chi connectivity index (χ0) is 25.7. The van der Waals surface area contributed by atoms with E-state index in [9.17, 15) is 4.79 Å². The highest BCUT2D eigenvalue weighted by Crippen LogP contribution is 2.33. The van der Waals surface area contributed by atoms with Gasteiger partial charge in [-0.2, -0.15) is 0 Å². The Morgan fingerprint density at radius 2 is 1.81 bits per heavy atom. The lowest BCUT2D eigenvalue weighted by Crippen LogP contribution is -2.33. The summed E-state index contributed by atoms with van der Waals surface area (Å²) in [5.41, 5.74) is 2.82. The molecule has 0 N–H and O–H groups in total. The Balaban J connectivity index is 1.67. The molecule has 3 aromatic rings. The maximum Gasteiger partial charge on any atom is 0.326 e. The first-order chi connectivity index (χ1) is 17.2. The predicted octanol–water partition coefficient (Wildman–Crippen LogP) is 5.59. The minimum absolute atomic E-state index is 0.0363. The number of ether oxygens (including phenoxy) is 3. The molecule has 8 heteroatoms. The first kappa shape index (κ1) is 26.0. The van der Waals surface area contributed by atoms with E-state index in [2.05, 4.69) is 36.7 Å². The van der Waals surface area contributed by atoms with Crippen molar-refractivity contribution in [3.63, 3.8) is 0 Å². The minimum Gasteiger partial charge on any atom is -0.486 e. The molecule has 36 heavy (non-hydrogen) atoms. The van der Waals surface area contributed by atoms with Crippen LogP contribution < -0.4 is 9.47 Å². The fourth-order valence-electron chi connectivity index (χ4n) is 4.42. The van der Waals surface area contributed by atoms with Crippen molar-refractivity contribution < 1.29 is 19.0 Å². The van der Waals surface area contributed by atoms with Crippen LogP contribution in [0.3, 0.4) is 0 Å². The number of carbonyl (C=O) groups is 1. The first-order valence-corrected chi connectivity index (χ1v) is 12.7. The average Bonchev–Trinajstić information content (AvgIpc) is 3.13. The Kier molecular flexibility index (Phi) is 8.21. The molecule has 0 bridgehead atoms. The highest BCUT2D eigenvalue weighted by molar-refractivity contribution is 6.30. The predicted molar refractivity (Wildman–Crippen MR) is 140 cm³/mol. The van der Waals surface area contributed by atoms with Crippen LogP contribution in [-0.4, -0.2) is 46.8 Å². The molecule has 4 rings (SSSR count). The van der Waals surface area contributed by atoms with Crippen LogP contribution in [0.5, 0.6) is 11.5 Å². The molecule has 0 fully saturated rings. The molecular weight excluding hydrogens is 478 g/mol. The number of nitrogens with zero attached hydrogens (tertiary/aromatic N) is 3. The maximum atomic E-state index is 12.5. The van der Waals surface area contributed by atoms with Crippen molar-refractivity contribution in [1.82, 2.24) is 14.5 Å². The summed E-state index contributed by atoms with van der Waals surface area (Å²) in [7, 11) is 0. The molecule has 1 aromatic heterocycles. The molecule has 1 aliphatic heterocycles. The molecule has 0 aliphatic carbocycles. The summed E-state index contributed by atoms with van der Waals surface area (Å²) in [5.74, 6) is 1.87. The molecule has 0 spiro atoms. The van der Waals surface area contributed by atoms with E-state index in [0.29, 0.717) is 43.9 Å². The summed E-state index contributed by atoms with van der Waals surface area (Å²) in [6, 6.07) is 15.8. The summed E-state index contributed by atoms with van der Waals surface area (Å²) in [4.78, 5) is 19.5. The van der Waals surface area contributed by atoms with Gasteiger partial charge in [-0.05, 0) is 30.0 Å². The van der Waals surface area contributed by atoms with Crippen LogP contribution in [0, 0.1) is 5.41 Å². The van der Waals surface area contributed by atoms with Gasteiger partial charge in [-0.3, -0.25) is 9.69 Å². The molecule has 2 aromatic carbocycles. The Bertz CT molecular complexity index is 1190. The fourth-order valence-corrected chi connectivity index (χ4v) is 4.66. The van der Waals surface area contributed by atoms with Crippen molar-refractivity contribution >= 4 is 17.6 Å². The molecule has 7 nitrogen and oxygen atoms in total. The first-order valence-electron chi connectivity index (χ1n) is 12.3. The Morgan fingerprint density at radius 3 is 2.50 bits per heavy atom. The monoisotopic (exact) mass is 511 g/mol. The van der Waals surface area contributed by atoms with Gasteiger partial charge in [0.15, 0.2) is 16.7 Å². The Hall–Kier alpha value is -3.03. The second-order valence-corrected chi connectivity index (χ2v) is 10.5. The summed E-state index contributed by atoms with van der Waals surface area (Å²) < 4.78 is 18.6. The average molecular weight is 512 g/mol. The number of esters is 1. The van der Waals surface area contributed by atoms with Gasteiger partial charge < -0.3 is 18.8 Å². The van der Waals surface area contributed by atoms with E-state index in [-0.39, 0.29) is 17.9 Å². The van der Waals surface area contributed by atoms with Gasteiger partial charge in [0.25, 0.3) is 0 Å². The van der Waals surface area contributed by atoms with Crippen LogP contribution in [0.25, 0.3) is 11.4 Å². The smallest absolute Gasteiger partial charge is 0.326 e. The van der Waals surface area contributed by atoms with Gasteiger partial charge in [-0.15, -0.1) is 0 Å². The van der Waals surface area contributed by atoms with Crippen LogP contribution in [0.1, 0.15) is 39.0 Å². The summed E-state index contributed by atoms with van der Waals surface area (Å²) in [6.45, 7) is 11.9. The number of benzene rings is 2. The molecule has 0 unspecified atom stereocenters. The number of rotatable bonds is 9. The number of hydrogen-bond acceptors (Lipinski definition) is 6. The molecule has 0 radical (unpaired) electrons. The zero-order valence-corrected chi connectivity index (χ0v) is 22.2. The van der Waals surface area contributed by atoms with Crippen molar-refractivity contribution in [3.05, 3.63) is 64.9 Å². The Labute approximate surface area is 217 Å². The van der Waals surface area contributed by atoms with Crippen LogP contribution in [-0.2, 0) is 29.2 Å². The van der Waals surface area contributed by atoms with E-state index in [4.69, 9.17) is 25.8 Å². The number of fused-ring (bicyclic) bond motifs is 1. The lowest BCUT2D eigenvalue weighted by molar-refractivity contribution is -0.143. The number of hydrogen-bond donors (Lipinski definition) is 0. The van der Waals surface area contributed by atoms with Crippen molar-refractivity contribution in [1.29, 1.82) is 0 Å². The van der Waals surface area contributed by atoms with Gasteiger partial charge in [0.2, 0.25) is 0 Å². The van der Waals surface area contributed by atoms with Crippen LogP contribution in [0.4, 0.5) is 0 Å². The topological polar surface area (TPSA) is 65.8 Å². The highest BCUT2D eigenvalue weighted by atomic mass is 35.5. The normalized spacial score (nSPS) is 13.2. The number of aromatic nitrogens is 2. The van der Waals surface area contributed by atoms with Crippen molar-refractivity contribution in [2.45, 2.75) is 47.3 Å². The van der Waals surface area contributed by atoms with E-state index >= 15 is 0 Å². The van der Waals surface area contributed by atoms with Gasteiger partial charge in [0.05, 0.1) is 12.3 Å². The third-order valence-corrected chi connectivity index (χ3v) is 6.03. The number of imidazole rings is 1. The van der Waals surface area contributed by atoms with Crippen LogP contribution in [0.2, 0.25) is 5.15 Å². The van der Waals surface area contributed by atoms with Gasteiger partial charge in [0, 0.05) is 25.2 Å². The van der Waals surface area contributed by atoms with E-state index in [1.165, 1.54) is 0 Å². The molecular formula is C28H34ClN3O4. The van der Waals surface area contributed by atoms with E-state index in [0.717, 1.165) is 34.9 Å². The zero-order valence-electron chi connectivity index (χ0n) is 21.4. The Morgan fingerprint density at radius 1 is 1.08 bits per heavy atom. The summed E-state index contributed by atoms with van der Waals surface area (Å²) >= 11 is 6.73. The number of carbonyl (C=O) groups excluding carboxylic acids is 1. The van der Waals surface area contributed by atoms with Crippen molar-refractivity contribution in [2.24, 2.45) is 5.41 Å². The van der Waals surface area contributed by atoms with Crippen LogP contribution >= 0.6 is 11.6 Å². The second-order valence-electron chi connectivity index (χ2n) is 10.1. The molecule has 0 saturated heterocycles. The standard InChI is InChI=1S/C28H34ClN3O4/c1-5-34-25(33)18-32-22(26(29)30-27(32)21-9-7-6-8-10-21)17-31(19-28(2,3)4)16-20-11-12-23-24(15-20)36-14-13-35-23/h6-12,15H,5,13-14,16-19H2,1-4H3. The lowest BCUT2D eigenvalue weighted by Gasteiger charge is -2.31. The van der Waals surface area contributed by atoms with Gasteiger partial charge in [-0.25, -0.2) is 4.98 Å². The third-order valence-electron chi connectivity index (χ3n) is 5.73. The van der Waals surface area contributed by atoms with E-state index in [1.807, 2.05) is 47.0 Å². The highest BCUT2D eigenvalue weighted by Gasteiger charge is 2.25. The maximum absolute atomic E-state index is 12.5. The number of halogens is 1.